The van der Waals surface area contributed by atoms with Crippen LogP contribution in [0.15, 0.2) is 0 Å². The molecule has 1 heteroatoms. The second kappa shape index (κ2) is 6.44. The Bertz CT molecular complexity index is 136. The molecule has 1 atom stereocenters. The second-order valence-electron chi connectivity index (χ2n) is 5.11. The van der Waals surface area contributed by atoms with E-state index in [9.17, 15) is 0 Å². The first kappa shape index (κ1) is 12.0. The van der Waals surface area contributed by atoms with Crippen LogP contribution >= 0.6 is 0 Å². The smallest absolute Gasteiger partial charge is 0.00155 e. The molecular weight excluding hydrogens is 170 g/mol. The molecular formula is C13H27N. The monoisotopic (exact) mass is 197 g/mol. The van der Waals surface area contributed by atoms with E-state index in [1.165, 1.54) is 38.6 Å². The Morgan fingerprint density at radius 2 is 1.79 bits per heavy atom. The van der Waals surface area contributed by atoms with Gasteiger partial charge < -0.3 is 5.32 Å². The zero-order chi connectivity index (χ0) is 10.4. The van der Waals surface area contributed by atoms with Gasteiger partial charge in [0.2, 0.25) is 0 Å². The number of hydrogen-bond donors (Lipinski definition) is 1. The first-order chi connectivity index (χ1) is 6.75. The third-order valence-electron chi connectivity index (χ3n) is 3.74. The minimum Gasteiger partial charge on any atom is -0.317 e. The summed E-state index contributed by atoms with van der Waals surface area (Å²) in [6, 6.07) is 0. The van der Waals surface area contributed by atoms with Crippen molar-refractivity contribution in [2.45, 2.75) is 52.9 Å². The Morgan fingerprint density at radius 3 is 2.29 bits per heavy atom. The van der Waals surface area contributed by atoms with Crippen LogP contribution in [0.5, 0.6) is 0 Å². The normalized spacial score (nSPS) is 21.4. The summed E-state index contributed by atoms with van der Waals surface area (Å²) in [6.45, 7) is 9.33. The van der Waals surface area contributed by atoms with Crippen LogP contribution < -0.4 is 5.32 Å². The van der Waals surface area contributed by atoms with Crippen molar-refractivity contribution in [2.24, 2.45) is 17.8 Å². The zero-order valence-corrected chi connectivity index (χ0v) is 10.2. The van der Waals surface area contributed by atoms with E-state index in [4.69, 9.17) is 0 Å². The van der Waals surface area contributed by atoms with Gasteiger partial charge in [-0.15, -0.1) is 0 Å². The van der Waals surface area contributed by atoms with Gasteiger partial charge in [-0.25, -0.2) is 0 Å². The first-order valence-electron chi connectivity index (χ1n) is 6.46. The van der Waals surface area contributed by atoms with Crippen LogP contribution in [0.2, 0.25) is 0 Å². The number of hydrogen-bond acceptors (Lipinski definition) is 1. The van der Waals surface area contributed by atoms with Gasteiger partial charge in [-0.05, 0) is 30.8 Å². The van der Waals surface area contributed by atoms with Gasteiger partial charge in [-0.1, -0.05) is 52.9 Å². The van der Waals surface area contributed by atoms with Crippen LogP contribution in [0.4, 0.5) is 0 Å². The van der Waals surface area contributed by atoms with Crippen molar-refractivity contribution in [2.75, 3.05) is 13.1 Å². The Balaban J connectivity index is 2.39. The average molecular weight is 197 g/mol. The summed E-state index contributed by atoms with van der Waals surface area (Å²) in [4.78, 5) is 0. The number of rotatable bonds is 5. The molecule has 1 N–H and O–H groups in total. The summed E-state index contributed by atoms with van der Waals surface area (Å²) >= 11 is 0. The van der Waals surface area contributed by atoms with Crippen LogP contribution in [0.1, 0.15) is 52.9 Å². The van der Waals surface area contributed by atoms with Crippen LogP contribution in [0, 0.1) is 17.8 Å². The number of nitrogens with one attached hydrogen (secondary N) is 1. The summed E-state index contributed by atoms with van der Waals surface area (Å²) in [6.07, 6.45) is 7.38. The van der Waals surface area contributed by atoms with Gasteiger partial charge in [-0.2, -0.15) is 0 Å². The summed E-state index contributed by atoms with van der Waals surface area (Å²) in [7, 11) is 0. The fourth-order valence-corrected chi connectivity index (χ4v) is 2.82. The second-order valence-corrected chi connectivity index (χ2v) is 5.11. The van der Waals surface area contributed by atoms with E-state index in [-0.39, 0.29) is 0 Å². The Kier molecular flexibility index (Phi) is 5.54. The van der Waals surface area contributed by atoms with E-state index in [2.05, 4.69) is 26.1 Å². The minimum absolute atomic E-state index is 0.845. The average Bonchev–Trinajstić information content (AvgIpc) is 2.19. The lowest BCUT2D eigenvalue weighted by atomic mass is 9.75. The lowest BCUT2D eigenvalue weighted by Crippen LogP contribution is -2.32. The molecule has 1 aliphatic carbocycles. The Labute approximate surface area is 89.7 Å². The quantitative estimate of drug-likeness (QED) is 0.712. The summed E-state index contributed by atoms with van der Waals surface area (Å²) < 4.78 is 0. The lowest BCUT2D eigenvalue weighted by molar-refractivity contribution is 0.192. The maximum atomic E-state index is 3.53. The van der Waals surface area contributed by atoms with Crippen molar-refractivity contribution in [3.63, 3.8) is 0 Å². The predicted octanol–water partition coefficient (Wildman–Crippen LogP) is 3.45. The molecule has 1 nitrogen and oxygen atoms in total. The summed E-state index contributed by atoms with van der Waals surface area (Å²) in [5.74, 6) is 2.76. The molecule has 0 spiro atoms. The van der Waals surface area contributed by atoms with Gasteiger partial charge in [0.1, 0.15) is 0 Å². The standard InChI is InChI=1S/C13H27N/c1-4-14-10-13(11(2)3)12-8-6-5-7-9-12/h11-14H,4-10H2,1-3H3. The summed E-state index contributed by atoms with van der Waals surface area (Å²) in [5.41, 5.74) is 0. The maximum Gasteiger partial charge on any atom is -0.00155 e. The SMILES string of the molecule is CCNCC(C(C)C)C1CCCCC1. The Hall–Kier alpha value is -0.0400. The molecule has 0 aromatic heterocycles. The first-order valence-corrected chi connectivity index (χ1v) is 6.46. The molecule has 0 aliphatic heterocycles. The van der Waals surface area contributed by atoms with Crippen LogP contribution in [-0.2, 0) is 0 Å². The van der Waals surface area contributed by atoms with Crippen molar-refractivity contribution < 1.29 is 0 Å². The highest BCUT2D eigenvalue weighted by Gasteiger charge is 2.25. The van der Waals surface area contributed by atoms with Gasteiger partial charge in [0.25, 0.3) is 0 Å². The van der Waals surface area contributed by atoms with E-state index in [1.54, 1.807) is 0 Å². The molecule has 1 aliphatic rings. The van der Waals surface area contributed by atoms with Crippen molar-refractivity contribution >= 4 is 0 Å². The molecule has 1 rings (SSSR count). The van der Waals surface area contributed by atoms with E-state index in [0.717, 1.165) is 24.3 Å². The van der Waals surface area contributed by atoms with Crippen molar-refractivity contribution in [1.82, 2.24) is 5.32 Å². The van der Waals surface area contributed by atoms with E-state index < -0.39 is 0 Å². The van der Waals surface area contributed by atoms with Gasteiger partial charge in [0.05, 0.1) is 0 Å². The van der Waals surface area contributed by atoms with E-state index in [0.29, 0.717) is 0 Å². The van der Waals surface area contributed by atoms with Crippen molar-refractivity contribution in [1.29, 1.82) is 0 Å². The Morgan fingerprint density at radius 1 is 1.14 bits per heavy atom. The van der Waals surface area contributed by atoms with Crippen LogP contribution in [-0.4, -0.2) is 13.1 Å². The highest BCUT2D eigenvalue weighted by atomic mass is 14.8. The molecule has 84 valence electrons. The largest absolute Gasteiger partial charge is 0.317 e. The third-order valence-corrected chi connectivity index (χ3v) is 3.74. The van der Waals surface area contributed by atoms with Gasteiger partial charge in [-0.3, -0.25) is 0 Å². The van der Waals surface area contributed by atoms with E-state index in [1.807, 2.05) is 0 Å². The molecule has 0 saturated heterocycles. The molecule has 0 heterocycles. The molecule has 1 fully saturated rings. The molecule has 0 radical (unpaired) electrons. The lowest BCUT2D eigenvalue weighted by Gasteiger charge is -2.33. The molecule has 0 bridgehead atoms. The van der Waals surface area contributed by atoms with Crippen LogP contribution in [0.3, 0.4) is 0 Å². The zero-order valence-electron chi connectivity index (χ0n) is 10.2. The van der Waals surface area contributed by atoms with Gasteiger partial charge >= 0.3 is 0 Å². The molecule has 0 amide bonds. The highest BCUT2D eigenvalue weighted by molar-refractivity contribution is 4.77. The van der Waals surface area contributed by atoms with Gasteiger partial charge in [0.15, 0.2) is 0 Å². The molecule has 1 unspecified atom stereocenters. The maximum absolute atomic E-state index is 3.53. The minimum atomic E-state index is 0.845. The van der Waals surface area contributed by atoms with Gasteiger partial charge in [0, 0.05) is 0 Å². The van der Waals surface area contributed by atoms with Crippen molar-refractivity contribution in [3.05, 3.63) is 0 Å². The van der Waals surface area contributed by atoms with Crippen molar-refractivity contribution in [3.8, 4) is 0 Å². The third kappa shape index (κ3) is 3.61. The van der Waals surface area contributed by atoms with E-state index >= 15 is 0 Å². The molecule has 14 heavy (non-hydrogen) atoms. The fourth-order valence-electron chi connectivity index (χ4n) is 2.82. The van der Waals surface area contributed by atoms with Crippen LogP contribution in [0.25, 0.3) is 0 Å². The topological polar surface area (TPSA) is 12.0 Å². The molecule has 0 aromatic carbocycles. The molecule has 1 saturated carbocycles. The summed E-state index contributed by atoms with van der Waals surface area (Å²) in [5, 5.41) is 3.53. The fraction of sp³-hybridized carbons (Fsp3) is 1.00. The predicted molar refractivity (Wildman–Crippen MR) is 63.4 cm³/mol. The molecule has 0 aromatic rings. The highest BCUT2D eigenvalue weighted by Crippen LogP contribution is 2.33.